The van der Waals surface area contributed by atoms with Crippen molar-refractivity contribution < 1.29 is 9.30 Å². The van der Waals surface area contributed by atoms with E-state index in [0.717, 1.165) is 22.0 Å². The minimum Gasteiger partial charge on any atom is -0.456 e. The van der Waals surface area contributed by atoms with Crippen molar-refractivity contribution in [1.82, 2.24) is 4.98 Å². The van der Waals surface area contributed by atoms with Gasteiger partial charge < -0.3 is 9.30 Å². The molecular weight excluding hydrogens is 453 g/mol. The zero-order chi connectivity index (χ0) is 24.0. The average Bonchev–Trinajstić information content (AvgIpc) is 2.92. The normalized spacial score (nSPS) is 13.1. The molecular formula is C29H16N3O2P. The predicted octanol–water partition coefficient (Wildman–Crippen LogP) is 5.39. The van der Waals surface area contributed by atoms with E-state index in [1.807, 2.05) is 54.6 Å². The summed E-state index contributed by atoms with van der Waals surface area (Å²) in [5.41, 5.74) is 2.54. The Morgan fingerprint density at radius 3 is 2.00 bits per heavy atom. The fourth-order valence-corrected chi connectivity index (χ4v) is 7.43. The Kier molecular flexibility index (Phi) is 4.75. The molecule has 4 aromatic carbocycles. The molecule has 5 nitrogen and oxygen atoms in total. The number of rotatable bonds is 2. The minimum atomic E-state index is -3.43. The van der Waals surface area contributed by atoms with Gasteiger partial charge in [-0.15, -0.1) is 0 Å². The standard InChI is InChI=1S/C29H16N3O2P/c30-17-19-5-11-25-27(15-19)35(33,28-16-20(18-31)6-12-26(28)34-25)23-9-7-22(8-10-23)29-24-4-2-1-3-21(24)13-14-32-29/h1-16H. The van der Waals surface area contributed by atoms with E-state index < -0.39 is 7.14 Å². The second-order valence-electron chi connectivity index (χ2n) is 8.23. The molecule has 0 aliphatic carbocycles. The lowest BCUT2D eigenvalue weighted by Gasteiger charge is -2.29. The zero-order valence-corrected chi connectivity index (χ0v) is 19.2. The van der Waals surface area contributed by atoms with Crippen LogP contribution in [0.15, 0.2) is 97.2 Å². The molecule has 0 radical (unpaired) electrons. The third-order valence-corrected chi connectivity index (χ3v) is 9.33. The highest BCUT2D eigenvalue weighted by Crippen LogP contribution is 2.52. The SMILES string of the molecule is N#Cc1ccc2c(c1)P(=O)(c1ccc(-c3nccc4ccccc34)cc1)c1cc(C#N)ccc1O2. The maximum absolute atomic E-state index is 15.0. The molecule has 5 aromatic rings. The Bertz CT molecular complexity index is 1710. The summed E-state index contributed by atoms with van der Waals surface area (Å²) in [5.74, 6) is 0.897. The van der Waals surface area contributed by atoms with Crippen LogP contribution >= 0.6 is 7.14 Å². The van der Waals surface area contributed by atoms with E-state index >= 15 is 0 Å². The van der Waals surface area contributed by atoms with Gasteiger partial charge in [0.25, 0.3) is 0 Å². The molecule has 0 N–H and O–H groups in total. The van der Waals surface area contributed by atoms with Crippen LogP contribution in [-0.2, 0) is 4.57 Å². The van der Waals surface area contributed by atoms with Crippen LogP contribution in [0.4, 0.5) is 0 Å². The molecule has 0 spiro atoms. The number of fused-ring (bicyclic) bond motifs is 3. The minimum absolute atomic E-state index is 0.393. The van der Waals surface area contributed by atoms with Crippen LogP contribution in [0.3, 0.4) is 0 Å². The first kappa shape index (κ1) is 20.9. The Balaban J connectivity index is 1.56. The molecule has 1 aliphatic rings. The number of pyridine rings is 1. The highest BCUT2D eigenvalue weighted by Gasteiger charge is 2.39. The molecule has 0 fully saturated rings. The molecule has 6 heteroatoms. The molecule has 0 atom stereocenters. The van der Waals surface area contributed by atoms with Gasteiger partial charge >= 0.3 is 0 Å². The monoisotopic (exact) mass is 469 g/mol. The van der Waals surface area contributed by atoms with Crippen LogP contribution in [0.2, 0.25) is 0 Å². The van der Waals surface area contributed by atoms with Gasteiger partial charge in [0.2, 0.25) is 0 Å². The summed E-state index contributed by atoms with van der Waals surface area (Å²) >= 11 is 0. The van der Waals surface area contributed by atoms with Gasteiger partial charge in [0.15, 0.2) is 7.14 Å². The number of benzene rings is 4. The molecule has 0 bridgehead atoms. The van der Waals surface area contributed by atoms with Gasteiger partial charge in [-0.05, 0) is 47.9 Å². The molecule has 0 unspecified atom stereocenters. The Morgan fingerprint density at radius 2 is 1.37 bits per heavy atom. The van der Waals surface area contributed by atoms with Crippen molar-refractivity contribution in [2.24, 2.45) is 0 Å². The lowest BCUT2D eigenvalue weighted by molar-refractivity contribution is 0.485. The van der Waals surface area contributed by atoms with E-state index in [4.69, 9.17) is 4.74 Å². The summed E-state index contributed by atoms with van der Waals surface area (Å²) < 4.78 is 21.0. The molecule has 6 rings (SSSR count). The second kappa shape index (κ2) is 7.96. The van der Waals surface area contributed by atoms with Crippen molar-refractivity contribution in [3.05, 3.63) is 108 Å². The number of hydrogen-bond donors (Lipinski definition) is 0. The molecule has 2 heterocycles. The van der Waals surface area contributed by atoms with Gasteiger partial charge in [-0.2, -0.15) is 10.5 Å². The van der Waals surface area contributed by atoms with Crippen LogP contribution in [0.1, 0.15) is 11.1 Å². The zero-order valence-electron chi connectivity index (χ0n) is 18.3. The summed E-state index contributed by atoms with van der Waals surface area (Å²) in [5, 5.41) is 22.6. The molecule has 164 valence electrons. The van der Waals surface area contributed by atoms with Crippen molar-refractivity contribution in [2.45, 2.75) is 0 Å². The maximum Gasteiger partial charge on any atom is 0.178 e. The van der Waals surface area contributed by atoms with Gasteiger partial charge in [-0.1, -0.05) is 48.5 Å². The van der Waals surface area contributed by atoms with Crippen molar-refractivity contribution >= 4 is 33.8 Å². The van der Waals surface area contributed by atoms with Gasteiger partial charge in [0.1, 0.15) is 11.5 Å². The van der Waals surface area contributed by atoms with Crippen molar-refractivity contribution in [2.75, 3.05) is 0 Å². The molecule has 35 heavy (non-hydrogen) atoms. The Hall–Kier alpha value is -4.70. The molecule has 0 saturated carbocycles. The maximum atomic E-state index is 15.0. The molecule has 1 aliphatic heterocycles. The highest BCUT2D eigenvalue weighted by atomic mass is 31.2. The quantitative estimate of drug-likeness (QED) is 0.317. The van der Waals surface area contributed by atoms with Gasteiger partial charge in [-0.25, -0.2) is 0 Å². The molecule has 1 aromatic heterocycles. The number of hydrogen-bond acceptors (Lipinski definition) is 5. The van der Waals surface area contributed by atoms with Crippen LogP contribution in [-0.4, -0.2) is 4.98 Å². The van der Waals surface area contributed by atoms with E-state index in [9.17, 15) is 15.1 Å². The van der Waals surface area contributed by atoms with Crippen LogP contribution < -0.4 is 20.7 Å². The number of ether oxygens (including phenoxy) is 1. The van der Waals surface area contributed by atoms with E-state index in [-0.39, 0.29) is 0 Å². The van der Waals surface area contributed by atoms with Gasteiger partial charge in [0, 0.05) is 22.5 Å². The Morgan fingerprint density at radius 1 is 0.743 bits per heavy atom. The second-order valence-corrected chi connectivity index (χ2v) is 10.9. The summed E-state index contributed by atoms with van der Waals surface area (Å²) in [7, 11) is -3.43. The van der Waals surface area contributed by atoms with Crippen molar-refractivity contribution in [3.8, 4) is 34.9 Å². The summed E-state index contributed by atoms with van der Waals surface area (Å²) in [6, 6.07) is 31.7. The first-order valence-corrected chi connectivity index (χ1v) is 12.6. The van der Waals surface area contributed by atoms with Crippen molar-refractivity contribution in [3.63, 3.8) is 0 Å². The Labute approximate surface area is 201 Å². The number of nitrogens with zero attached hydrogens (tertiary/aromatic N) is 3. The van der Waals surface area contributed by atoms with E-state index in [1.54, 1.807) is 42.6 Å². The van der Waals surface area contributed by atoms with Crippen LogP contribution in [0.5, 0.6) is 11.5 Å². The topological polar surface area (TPSA) is 86.8 Å². The van der Waals surface area contributed by atoms with E-state index in [0.29, 0.717) is 38.5 Å². The molecule has 0 amide bonds. The van der Waals surface area contributed by atoms with Crippen LogP contribution in [0.25, 0.3) is 22.0 Å². The summed E-state index contributed by atoms with van der Waals surface area (Å²) in [6.07, 6.45) is 1.78. The van der Waals surface area contributed by atoms with Gasteiger partial charge in [-0.3, -0.25) is 4.98 Å². The number of nitriles is 2. The van der Waals surface area contributed by atoms with Gasteiger partial charge in [0.05, 0.1) is 39.6 Å². The lowest BCUT2D eigenvalue weighted by atomic mass is 10.0. The number of aromatic nitrogens is 1. The van der Waals surface area contributed by atoms with E-state index in [2.05, 4.69) is 17.1 Å². The fourth-order valence-electron chi connectivity index (χ4n) is 4.54. The van der Waals surface area contributed by atoms with E-state index in [1.165, 1.54) is 0 Å². The highest BCUT2D eigenvalue weighted by molar-refractivity contribution is 7.85. The molecule has 0 saturated heterocycles. The average molecular weight is 469 g/mol. The first-order valence-electron chi connectivity index (χ1n) is 10.9. The third-order valence-electron chi connectivity index (χ3n) is 6.25. The van der Waals surface area contributed by atoms with Crippen molar-refractivity contribution in [1.29, 1.82) is 10.5 Å². The first-order chi connectivity index (χ1) is 17.1. The lowest BCUT2D eigenvalue weighted by Crippen LogP contribution is -2.31. The largest absolute Gasteiger partial charge is 0.456 e. The summed E-state index contributed by atoms with van der Waals surface area (Å²) in [6.45, 7) is 0. The van der Waals surface area contributed by atoms with Crippen LogP contribution in [0, 0.1) is 22.7 Å². The third kappa shape index (κ3) is 3.22. The summed E-state index contributed by atoms with van der Waals surface area (Å²) in [4.78, 5) is 4.59. The predicted molar refractivity (Wildman–Crippen MR) is 136 cm³/mol. The smallest absolute Gasteiger partial charge is 0.178 e. The fraction of sp³-hybridized carbons (Fsp3) is 0.